The van der Waals surface area contributed by atoms with Crippen LogP contribution < -0.4 is 0 Å². The van der Waals surface area contributed by atoms with Crippen LogP contribution in [0.5, 0.6) is 0 Å². The maximum Gasteiger partial charge on any atom is 0.111 e. The lowest BCUT2D eigenvalue weighted by atomic mass is 9.87. The van der Waals surface area contributed by atoms with Crippen LogP contribution in [-0.4, -0.2) is 239 Å². The molecule has 294 valence electrons. The average molecular weight is 744 g/mol. The van der Waals surface area contributed by atoms with Crippen LogP contribution >= 0.6 is 0 Å². The Balaban J connectivity index is 1.49. The summed E-state index contributed by atoms with van der Waals surface area (Å²) in [5.74, 6) is 0. The lowest BCUT2D eigenvalue weighted by Crippen LogP contribution is -2.64. The Labute approximate surface area is 299 Å². The molecule has 0 aliphatic heterocycles. The number of hydrogen-bond donors (Lipinski definition) is 15. The highest BCUT2D eigenvalue weighted by Crippen LogP contribution is 2.29. The quantitative estimate of drug-likeness (QED) is 0.0874. The van der Waals surface area contributed by atoms with Crippen LogP contribution in [0, 0.1) is 0 Å². The summed E-state index contributed by atoms with van der Waals surface area (Å²) in [5, 5.41) is 159. The number of nitrogens with zero attached hydrogens (tertiary/aromatic N) is 3. The molecule has 0 aromatic heterocycles. The van der Waals surface area contributed by atoms with Gasteiger partial charge in [0.2, 0.25) is 0 Å². The van der Waals surface area contributed by atoms with Gasteiger partial charge < -0.3 is 76.6 Å². The van der Waals surface area contributed by atoms with Gasteiger partial charge in [-0.15, -0.1) is 0 Å². The Kier molecular flexibility index (Phi) is 13.6. The van der Waals surface area contributed by atoms with E-state index >= 15 is 0 Å². The fourth-order valence-electron chi connectivity index (χ4n) is 7.75. The zero-order valence-electron chi connectivity index (χ0n) is 28.2. The fourth-order valence-corrected chi connectivity index (χ4v) is 7.75. The minimum Gasteiger partial charge on any atom is -0.388 e. The van der Waals surface area contributed by atoms with E-state index in [1.54, 1.807) is 4.90 Å². The first kappa shape index (κ1) is 41.1. The van der Waals surface area contributed by atoms with Crippen LogP contribution in [0.15, 0.2) is 60.8 Å². The van der Waals surface area contributed by atoms with Gasteiger partial charge in [0.25, 0.3) is 0 Å². The number of rotatable bonds is 11. The van der Waals surface area contributed by atoms with Gasteiger partial charge in [0.15, 0.2) is 0 Å². The third kappa shape index (κ3) is 8.30. The number of hydrogen-bond acceptors (Lipinski definition) is 18. The van der Waals surface area contributed by atoms with Crippen LogP contribution in [0.3, 0.4) is 0 Å². The van der Waals surface area contributed by atoms with Crippen molar-refractivity contribution in [3.63, 3.8) is 0 Å². The zero-order chi connectivity index (χ0) is 38.2. The topological polar surface area (TPSA) is 313 Å². The monoisotopic (exact) mass is 743 g/mol. The molecule has 0 radical (unpaired) electrons. The van der Waals surface area contributed by atoms with Gasteiger partial charge in [0.05, 0.1) is 30.2 Å². The average Bonchev–Trinajstić information content (AvgIpc) is 3.12. The molecule has 0 aromatic carbocycles. The fraction of sp³-hybridized carbons (Fsp3) is 0.706. The molecular formula is C34H53N3O15. The van der Waals surface area contributed by atoms with E-state index in [0.717, 1.165) is 0 Å². The van der Waals surface area contributed by atoms with Gasteiger partial charge in [-0.1, -0.05) is 60.8 Å². The Morgan fingerprint density at radius 1 is 0.250 bits per heavy atom. The van der Waals surface area contributed by atoms with E-state index < -0.39 is 122 Å². The maximum atomic E-state index is 11.1. The predicted molar refractivity (Wildman–Crippen MR) is 180 cm³/mol. The first-order valence-corrected chi connectivity index (χ1v) is 17.4. The predicted octanol–water partition coefficient (Wildman–Crippen LogP) is -8.00. The van der Waals surface area contributed by atoms with Gasteiger partial charge in [-0.3, -0.25) is 14.7 Å². The van der Waals surface area contributed by atoms with Crippen molar-refractivity contribution in [1.29, 1.82) is 0 Å². The molecule has 0 unspecified atom stereocenters. The SMILES string of the molecule is O[C@H]1[C@H](O)[C@@H](N(CCN([C@H]2C=C[C@@H](O)[C@@H](O)[C@@H]2O)[C@H]2C=C[C@@H](O)[C@@H](O)[C@@H]2O)CCN([C@H]2C=C[C@@H](O)[C@@H](O)[C@@H]2O)[C@H]2C=C[C@@H](O)[C@@H](O)[C@@H]2O)C=C[C@H]1O. The van der Waals surface area contributed by atoms with E-state index in [1.807, 2.05) is 0 Å². The Morgan fingerprint density at radius 2 is 0.462 bits per heavy atom. The second-order valence-electron chi connectivity index (χ2n) is 14.2. The summed E-state index contributed by atoms with van der Waals surface area (Å²) in [4.78, 5) is 4.70. The van der Waals surface area contributed by atoms with E-state index in [1.165, 1.54) is 70.6 Å². The largest absolute Gasteiger partial charge is 0.388 e. The standard InChI is InChI=1S/C34H53N3O15/c38-20-6-1-15(25(43)30(20)48)35(11-13-36(16-2-7-21(39)31(49)26(16)44)17-3-8-22(40)32(50)27(17)45)12-14-37(18-4-9-23(41)33(51)28(18)46)19-5-10-24(42)34(52)29(19)47/h1-10,15-34,38-52H,11-14H2/t15-,16-,17-,18-,19-,20+,21+,22+,23+,24+,25+,26+,27+,28+,29+,30+,31+,32+,33+,34+/m0/s1. The van der Waals surface area contributed by atoms with Crippen molar-refractivity contribution in [2.45, 2.75) is 122 Å². The van der Waals surface area contributed by atoms with Crippen LogP contribution in [0.4, 0.5) is 0 Å². The van der Waals surface area contributed by atoms with Crippen molar-refractivity contribution in [1.82, 2.24) is 14.7 Å². The molecule has 5 rings (SSSR count). The molecule has 52 heavy (non-hydrogen) atoms. The van der Waals surface area contributed by atoms with Gasteiger partial charge in [0, 0.05) is 26.2 Å². The van der Waals surface area contributed by atoms with Gasteiger partial charge in [-0.05, 0) is 0 Å². The van der Waals surface area contributed by atoms with Gasteiger partial charge >= 0.3 is 0 Å². The van der Waals surface area contributed by atoms with Crippen molar-refractivity contribution in [3.05, 3.63) is 60.8 Å². The Morgan fingerprint density at radius 3 is 0.712 bits per heavy atom. The highest BCUT2D eigenvalue weighted by Gasteiger charge is 2.46. The van der Waals surface area contributed by atoms with Crippen LogP contribution in [0.25, 0.3) is 0 Å². The summed E-state index contributed by atoms with van der Waals surface area (Å²) in [5.41, 5.74) is 0. The molecule has 5 aliphatic rings. The first-order chi connectivity index (χ1) is 24.5. The Hall–Kier alpha value is -2.02. The summed E-state index contributed by atoms with van der Waals surface area (Å²) in [6, 6.07) is -5.18. The van der Waals surface area contributed by atoms with Crippen LogP contribution in [0.2, 0.25) is 0 Å². The maximum absolute atomic E-state index is 11.1. The minimum atomic E-state index is -1.62. The summed E-state index contributed by atoms with van der Waals surface area (Å²) in [7, 11) is 0. The van der Waals surface area contributed by atoms with Gasteiger partial charge in [-0.2, -0.15) is 0 Å². The molecule has 0 fully saturated rings. The third-order valence-electron chi connectivity index (χ3n) is 11.0. The van der Waals surface area contributed by atoms with Crippen molar-refractivity contribution < 1.29 is 76.6 Å². The zero-order valence-corrected chi connectivity index (χ0v) is 28.2. The normalized spacial score (nSPS) is 48.0. The molecular weight excluding hydrogens is 690 g/mol. The molecule has 0 spiro atoms. The molecule has 0 bridgehead atoms. The van der Waals surface area contributed by atoms with Crippen molar-refractivity contribution in [2.75, 3.05) is 26.2 Å². The molecule has 20 atom stereocenters. The van der Waals surface area contributed by atoms with Gasteiger partial charge in [-0.25, -0.2) is 0 Å². The van der Waals surface area contributed by atoms with E-state index in [0.29, 0.717) is 0 Å². The van der Waals surface area contributed by atoms with Crippen molar-refractivity contribution >= 4 is 0 Å². The second-order valence-corrected chi connectivity index (χ2v) is 14.2. The van der Waals surface area contributed by atoms with E-state index in [-0.39, 0.29) is 26.2 Å². The molecule has 15 N–H and O–H groups in total. The highest BCUT2D eigenvalue weighted by atomic mass is 16.4. The van der Waals surface area contributed by atoms with Crippen molar-refractivity contribution in [3.8, 4) is 0 Å². The van der Waals surface area contributed by atoms with Gasteiger partial charge in [0.1, 0.15) is 91.6 Å². The van der Waals surface area contributed by atoms with E-state index in [2.05, 4.69) is 0 Å². The minimum absolute atomic E-state index is 0.0526. The summed E-state index contributed by atoms with van der Waals surface area (Å²) >= 11 is 0. The first-order valence-electron chi connectivity index (χ1n) is 17.4. The molecule has 18 heteroatoms. The highest BCUT2D eigenvalue weighted by molar-refractivity contribution is 5.20. The summed E-state index contributed by atoms with van der Waals surface area (Å²) < 4.78 is 0. The second kappa shape index (κ2) is 17.2. The lowest BCUT2D eigenvalue weighted by Gasteiger charge is -2.48. The third-order valence-corrected chi connectivity index (χ3v) is 11.0. The van der Waals surface area contributed by atoms with Crippen molar-refractivity contribution in [2.24, 2.45) is 0 Å². The molecule has 18 nitrogen and oxygen atoms in total. The smallest absolute Gasteiger partial charge is 0.111 e. The lowest BCUT2D eigenvalue weighted by molar-refractivity contribution is -0.116. The molecule has 0 aromatic rings. The van der Waals surface area contributed by atoms with Crippen LogP contribution in [-0.2, 0) is 0 Å². The number of aliphatic hydroxyl groups is 15. The molecule has 0 amide bonds. The summed E-state index contributed by atoms with van der Waals surface area (Å²) in [6.45, 7) is -0.285. The molecule has 5 aliphatic carbocycles. The van der Waals surface area contributed by atoms with E-state index in [4.69, 9.17) is 0 Å². The molecule has 0 saturated heterocycles. The number of aliphatic hydroxyl groups excluding tert-OH is 15. The van der Waals surface area contributed by atoms with Crippen LogP contribution in [0.1, 0.15) is 0 Å². The van der Waals surface area contributed by atoms with E-state index in [9.17, 15) is 76.6 Å². The Bertz CT molecular complexity index is 1180. The summed E-state index contributed by atoms with van der Waals surface area (Å²) in [6.07, 6.45) is -9.36. The molecule has 0 heterocycles. The molecule has 0 saturated carbocycles.